The smallest absolute Gasteiger partial charge is 0.351 e. The van der Waals surface area contributed by atoms with Gasteiger partial charge in [-0.2, -0.15) is 0 Å². The van der Waals surface area contributed by atoms with Crippen LogP contribution in [0.3, 0.4) is 0 Å². The molecule has 0 radical (unpaired) electrons. The van der Waals surface area contributed by atoms with Gasteiger partial charge in [0.05, 0.1) is 5.92 Å². The molecule has 2 aliphatic carbocycles. The first kappa shape index (κ1) is 22.3. The van der Waals surface area contributed by atoms with Crippen LogP contribution >= 0.6 is 0 Å². The van der Waals surface area contributed by atoms with E-state index in [0.717, 1.165) is 33.4 Å². The summed E-state index contributed by atoms with van der Waals surface area (Å²) < 4.78 is 11.8. The van der Waals surface area contributed by atoms with Crippen LogP contribution in [0, 0.1) is 0 Å². The van der Waals surface area contributed by atoms with Gasteiger partial charge in [-0.1, -0.05) is 104 Å². The average Bonchev–Trinajstić information content (AvgIpc) is 3.44. The van der Waals surface area contributed by atoms with Crippen LogP contribution in [0.15, 0.2) is 97.1 Å². The van der Waals surface area contributed by atoms with Crippen molar-refractivity contribution in [2.75, 3.05) is 6.61 Å². The van der Waals surface area contributed by atoms with Gasteiger partial charge in [-0.05, 0) is 50.9 Å². The molecule has 0 heterocycles. The number of hydrogen-bond donors (Lipinski definition) is 0. The number of hydrogen-bond acceptors (Lipinski definition) is 4. The molecule has 0 amide bonds. The summed E-state index contributed by atoms with van der Waals surface area (Å²) in [5, 5.41) is 0. The number of fused-ring (bicyclic) bond motifs is 6. The second-order valence-electron chi connectivity index (χ2n) is 9.39. The van der Waals surface area contributed by atoms with Crippen molar-refractivity contribution in [2.45, 2.75) is 30.8 Å². The zero-order valence-corrected chi connectivity index (χ0v) is 20.0. The Balaban J connectivity index is 1.38. The second-order valence-corrected chi connectivity index (χ2v) is 9.39. The van der Waals surface area contributed by atoms with Crippen LogP contribution in [0.5, 0.6) is 0 Å². The van der Waals surface area contributed by atoms with Crippen molar-refractivity contribution in [3.05, 3.63) is 119 Å². The lowest BCUT2D eigenvalue weighted by atomic mass is 9.78. The standard InChI is InChI=1S/C32H26O4/c1-2-32(36-20-33,30-27-17-9-7-13-23(27)24-14-8-10-18-28(24)30)31(34)35-19-29-25-15-5-3-11-21(25)22-12-4-6-16-26(22)29/h3-18,20,29-30H,2,19H2,1H3. The van der Waals surface area contributed by atoms with Gasteiger partial charge in [0.25, 0.3) is 6.47 Å². The van der Waals surface area contributed by atoms with E-state index >= 15 is 0 Å². The highest BCUT2D eigenvalue weighted by molar-refractivity contribution is 5.89. The molecule has 0 aromatic heterocycles. The molecule has 0 N–H and O–H groups in total. The molecule has 0 bridgehead atoms. The van der Waals surface area contributed by atoms with Crippen molar-refractivity contribution in [1.29, 1.82) is 0 Å². The third-order valence-electron chi connectivity index (χ3n) is 7.77. The summed E-state index contributed by atoms with van der Waals surface area (Å²) >= 11 is 0. The van der Waals surface area contributed by atoms with Gasteiger partial charge in [-0.3, -0.25) is 4.79 Å². The Morgan fingerprint density at radius 3 is 1.58 bits per heavy atom. The zero-order chi connectivity index (χ0) is 24.7. The minimum Gasteiger partial charge on any atom is -0.462 e. The summed E-state index contributed by atoms with van der Waals surface area (Å²) in [5.41, 5.74) is 7.18. The quantitative estimate of drug-likeness (QED) is 0.227. The van der Waals surface area contributed by atoms with E-state index in [0.29, 0.717) is 6.47 Å². The molecule has 6 rings (SSSR count). The summed E-state index contributed by atoms with van der Waals surface area (Å²) in [4.78, 5) is 25.8. The van der Waals surface area contributed by atoms with Crippen LogP contribution in [0.4, 0.5) is 0 Å². The van der Waals surface area contributed by atoms with Crippen LogP contribution in [0.25, 0.3) is 22.3 Å². The topological polar surface area (TPSA) is 52.6 Å². The Morgan fingerprint density at radius 1 is 0.722 bits per heavy atom. The van der Waals surface area contributed by atoms with Gasteiger partial charge in [-0.25, -0.2) is 4.79 Å². The molecule has 4 aromatic carbocycles. The Morgan fingerprint density at radius 2 is 1.14 bits per heavy atom. The third kappa shape index (κ3) is 3.21. The molecule has 178 valence electrons. The number of ether oxygens (including phenoxy) is 2. The molecule has 0 aliphatic heterocycles. The van der Waals surface area contributed by atoms with Gasteiger partial charge in [0.2, 0.25) is 5.60 Å². The van der Waals surface area contributed by atoms with Crippen molar-refractivity contribution >= 4 is 12.4 Å². The molecule has 4 nitrogen and oxygen atoms in total. The van der Waals surface area contributed by atoms with E-state index in [1.54, 1.807) is 0 Å². The van der Waals surface area contributed by atoms with Gasteiger partial charge in [0.15, 0.2) is 0 Å². The van der Waals surface area contributed by atoms with E-state index in [-0.39, 0.29) is 18.9 Å². The summed E-state index contributed by atoms with van der Waals surface area (Å²) in [6.45, 7) is 2.43. The van der Waals surface area contributed by atoms with E-state index in [4.69, 9.17) is 9.47 Å². The van der Waals surface area contributed by atoms with Crippen LogP contribution in [-0.2, 0) is 19.1 Å². The summed E-state index contributed by atoms with van der Waals surface area (Å²) in [7, 11) is 0. The number of rotatable bonds is 7. The molecule has 0 saturated heterocycles. The van der Waals surface area contributed by atoms with Crippen LogP contribution in [0.2, 0.25) is 0 Å². The molecular formula is C32H26O4. The molecule has 36 heavy (non-hydrogen) atoms. The summed E-state index contributed by atoms with van der Waals surface area (Å²) in [6, 6.07) is 32.5. The van der Waals surface area contributed by atoms with E-state index in [2.05, 4.69) is 24.3 Å². The first-order valence-corrected chi connectivity index (χ1v) is 12.3. The Kier molecular flexibility index (Phi) is 5.45. The monoisotopic (exact) mass is 474 g/mol. The molecule has 0 spiro atoms. The normalized spacial score (nSPS) is 15.2. The lowest BCUT2D eigenvalue weighted by Crippen LogP contribution is -2.48. The molecule has 1 unspecified atom stereocenters. The Bertz CT molecular complexity index is 1380. The minimum atomic E-state index is -1.47. The lowest BCUT2D eigenvalue weighted by molar-refractivity contribution is -0.178. The van der Waals surface area contributed by atoms with Crippen molar-refractivity contribution in [2.24, 2.45) is 0 Å². The summed E-state index contributed by atoms with van der Waals surface area (Å²) in [5.74, 6) is -1.04. The van der Waals surface area contributed by atoms with Crippen LogP contribution < -0.4 is 0 Å². The van der Waals surface area contributed by atoms with E-state index in [1.165, 1.54) is 11.1 Å². The average molecular weight is 475 g/mol. The highest BCUT2D eigenvalue weighted by Gasteiger charge is 2.53. The van der Waals surface area contributed by atoms with Crippen molar-refractivity contribution in [3.8, 4) is 22.3 Å². The maximum atomic E-state index is 14.0. The molecule has 4 aromatic rings. The van der Waals surface area contributed by atoms with Gasteiger partial charge >= 0.3 is 5.97 Å². The third-order valence-corrected chi connectivity index (χ3v) is 7.77. The highest BCUT2D eigenvalue weighted by Crippen LogP contribution is 2.52. The number of carbonyl (C=O) groups excluding carboxylic acids is 2. The van der Waals surface area contributed by atoms with Crippen molar-refractivity contribution < 1.29 is 19.1 Å². The van der Waals surface area contributed by atoms with E-state index < -0.39 is 17.5 Å². The fourth-order valence-electron chi connectivity index (χ4n) is 6.13. The molecular weight excluding hydrogens is 448 g/mol. The predicted octanol–water partition coefficient (Wildman–Crippen LogP) is 6.48. The largest absolute Gasteiger partial charge is 0.462 e. The van der Waals surface area contributed by atoms with E-state index in [1.807, 2.05) is 79.7 Å². The molecule has 4 heteroatoms. The first-order valence-electron chi connectivity index (χ1n) is 12.3. The molecule has 2 aliphatic rings. The zero-order valence-electron chi connectivity index (χ0n) is 20.0. The van der Waals surface area contributed by atoms with Gasteiger partial charge in [0, 0.05) is 5.92 Å². The Hall–Kier alpha value is -4.18. The maximum absolute atomic E-state index is 14.0. The van der Waals surface area contributed by atoms with E-state index in [9.17, 15) is 9.59 Å². The second kappa shape index (κ2) is 8.80. The van der Waals surface area contributed by atoms with Gasteiger partial charge in [0.1, 0.15) is 6.61 Å². The molecule has 0 saturated carbocycles. The molecule has 0 fully saturated rings. The molecule has 1 atom stereocenters. The van der Waals surface area contributed by atoms with Crippen LogP contribution in [-0.4, -0.2) is 24.6 Å². The van der Waals surface area contributed by atoms with Crippen LogP contribution in [0.1, 0.15) is 47.4 Å². The van der Waals surface area contributed by atoms with Gasteiger partial charge < -0.3 is 9.47 Å². The fourth-order valence-corrected chi connectivity index (χ4v) is 6.13. The summed E-state index contributed by atoms with van der Waals surface area (Å²) in [6.07, 6.45) is 0.287. The number of esters is 1. The minimum absolute atomic E-state index is 0.0738. The Labute approximate surface area is 210 Å². The lowest BCUT2D eigenvalue weighted by Gasteiger charge is -2.35. The fraction of sp³-hybridized carbons (Fsp3) is 0.188. The highest BCUT2D eigenvalue weighted by atomic mass is 16.6. The first-order chi connectivity index (χ1) is 17.7. The maximum Gasteiger partial charge on any atom is 0.351 e. The SMILES string of the molecule is CCC(OC=O)(C(=O)OCC1c2ccccc2-c2ccccc21)C1c2ccccc2-c2ccccc21. The van der Waals surface area contributed by atoms with Gasteiger partial charge in [-0.15, -0.1) is 0 Å². The van der Waals surface area contributed by atoms with Crippen molar-refractivity contribution in [3.63, 3.8) is 0 Å². The van der Waals surface area contributed by atoms with Crippen molar-refractivity contribution in [1.82, 2.24) is 0 Å². The number of carbonyl (C=O) groups is 2. The number of benzene rings is 4. The predicted molar refractivity (Wildman–Crippen MR) is 139 cm³/mol.